The van der Waals surface area contributed by atoms with Gasteiger partial charge in [-0.05, 0) is 53.2 Å². The van der Waals surface area contributed by atoms with Gasteiger partial charge in [-0.2, -0.15) is 0 Å². The zero-order valence-corrected chi connectivity index (χ0v) is 12.3. The van der Waals surface area contributed by atoms with Gasteiger partial charge in [-0.3, -0.25) is 4.98 Å². The van der Waals surface area contributed by atoms with Gasteiger partial charge in [-0.15, -0.1) is 0 Å². The third kappa shape index (κ3) is 3.21. The molecule has 0 fully saturated rings. The fourth-order valence-corrected chi connectivity index (χ4v) is 2.53. The van der Waals surface area contributed by atoms with E-state index < -0.39 is 0 Å². The summed E-state index contributed by atoms with van der Waals surface area (Å²) >= 11 is 3.45. The summed E-state index contributed by atoms with van der Waals surface area (Å²) < 4.78 is 3.28. The maximum absolute atomic E-state index is 4.20. The Bertz CT molecular complexity index is 507. The van der Waals surface area contributed by atoms with Gasteiger partial charge in [0.2, 0.25) is 0 Å². The molecule has 0 saturated heterocycles. The zero-order valence-electron chi connectivity index (χ0n) is 10.7. The van der Waals surface area contributed by atoms with E-state index in [4.69, 9.17) is 0 Å². The zero-order chi connectivity index (χ0) is 13.0. The molecule has 0 amide bonds. The molecule has 1 N–H and O–H groups in total. The van der Waals surface area contributed by atoms with E-state index in [1.807, 2.05) is 6.20 Å². The van der Waals surface area contributed by atoms with Gasteiger partial charge >= 0.3 is 0 Å². The first-order valence-electron chi connectivity index (χ1n) is 6.18. The highest BCUT2D eigenvalue weighted by atomic mass is 79.9. The molecule has 0 aliphatic carbocycles. The van der Waals surface area contributed by atoms with Gasteiger partial charge in [0.15, 0.2) is 0 Å². The fourth-order valence-electron chi connectivity index (χ4n) is 2.11. The fraction of sp³-hybridized carbons (Fsp3) is 0.357. The Morgan fingerprint density at radius 3 is 3.00 bits per heavy atom. The molecule has 1 unspecified atom stereocenters. The van der Waals surface area contributed by atoms with Crippen LogP contribution in [0.1, 0.15) is 31.1 Å². The topological polar surface area (TPSA) is 29.9 Å². The second-order valence-corrected chi connectivity index (χ2v) is 5.27. The van der Waals surface area contributed by atoms with Crippen molar-refractivity contribution < 1.29 is 0 Å². The van der Waals surface area contributed by atoms with E-state index in [1.165, 1.54) is 11.3 Å². The molecular formula is C14H18BrN3. The maximum Gasteiger partial charge on any atom is 0.0489 e. The van der Waals surface area contributed by atoms with E-state index in [2.05, 4.69) is 69.0 Å². The van der Waals surface area contributed by atoms with Gasteiger partial charge in [-0.25, -0.2) is 0 Å². The quantitative estimate of drug-likeness (QED) is 0.918. The lowest BCUT2D eigenvalue weighted by Crippen LogP contribution is -2.20. The van der Waals surface area contributed by atoms with Gasteiger partial charge < -0.3 is 9.88 Å². The molecule has 3 nitrogen and oxygen atoms in total. The van der Waals surface area contributed by atoms with E-state index >= 15 is 0 Å². The average Bonchev–Trinajstić information content (AvgIpc) is 2.77. The van der Waals surface area contributed by atoms with Crippen molar-refractivity contribution in [1.82, 2.24) is 14.9 Å². The van der Waals surface area contributed by atoms with E-state index in [1.54, 1.807) is 6.20 Å². The largest absolute Gasteiger partial charge is 0.346 e. The number of hydrogen-bond acceptors (Lipinski definition) is 2. The predicted octanol–water partition coefficient (Wildman–Crippen LogP) is 3.36. The summed E-state index contributed by atoms with van der Waals surface area (Å²) in [6.45, 7) is 6.14. The number of halogens is 1. The average molecular weight is 308 g/mol. The lowest BCUT2D eigenvalue weighted by molar-refractivity contribution is 0.553. The molecule has 2 aromatic rings. The van der Waals surface area contributed by atoms with E-state index in [9.17, 15) is 0 Å². The Hall–Kier alpha value is -1.13. The molecule has 2 heterocycles. The van der Waals surface area contributed by atoms with Gasteiger partial charge in [0, 0.05) is 41.3 Å². The van der Waals surface area contributed by atoms with Crippen LogP contribution in [0, 0.1) is 0 Å². The minimum absolute atomic E-state index is 0.366. The van der Waals surface area contributed by atoms with Crippen molar-refractivity contribution >= 4 is 15.9 Å². The van der Waals surface area contributed by atoms with Crippen molar-refractivity contribution in [3.63, 3.8) is 0 Å². The predicted molar refractivity (Wildman–Crippen MR) is 77.6 cm³/mol. The molecular weight excluding hydrogens is 290 g/mol. The SMILES string of the molecule is CCNC(C)c1cccn1Cc1cncc(Br)c1. The highest BCUT2D eigenvalue weighted by Crippen LogP contribution is 2.16. The monoisotopic (exact) mass is 307 g/mol. The summed E-state index contributed by atoms with van der Waals surface area (Å²) in [5.41, 5.74) is 2.50. The molecule has 2 aromatic heterocycles. The molecule has 18 heavy (non-hydrogen) atoms. The summed E-state index contributed by atoms with van der Waals surface area (Å²) in [5.74, 6) is 0. The Labute approximate surface area is 116 Å². The van der Waals surface area contributed by atoms with Crippen molar-refractivity contribution in [1.29, 1.82) is 0 Å². The Morgan fingerprint density at radius 2 is 2.28 bits per heavy atom. The summed E-state index contributed by atoms with van der Waals surface area (Å²) in [6.07, 6.45) is 5.83. The maximum atomic E-state index is 4.20. The highest BCUT2D eigenvalue weighted by molar-refractivity contribution is 9.10. The van der Waals surface area contributed by atoms with E-state index in [-0.39, 0.29) is 0 Å². The lowest BCUT2D eigenvalue weighted by Gasteiger charge is -2.16. The Morgan fingerprint density at radius 1 is 1.44 bits per heavy atom. The molecule has 0 aliphatic rings. The van der Waals surface area contributed by atoms with Crippen molar-refractivity contribution in [3.8, 4) is 0 Å². The van der Waals surface area contributed by atoms with Crippen LogP contribution in [-0.2, 0) is 6.54 Å². The molecule has 0 aromatic carbocycles. The van der Waals surface area contributed by atoms with Crippen molar-refractivity contribution in [2.45, 2.75) is 26.4 Å². The van der Waals surface area contributed by atoms with Crippen molar-refractivity contribution in [2.24, 2.45) is 0 Å². The molecule has 0 saturated carbocycles. The molecule has 96 valence electrons. The summed E-state index contributed by atoms with van der Waals surface area (Å²) in [4.78, 5) is 4.20. The highest BCUT2D eigenvalue weighted by Gasteiger charge is 2.09. The Kier molecular flexibility index (Phi) is 4.55. The van der Waals surface area contributed by atoms with Crippen LogP contribution in [0.2, 0.25) is 0 Å². The van der Waals surface area contributed by atoms with Crippen molar-refractivity contribution in [2.75, 3.05) is 6.54 Å². The van der Waals surface area contributed by atoms with Crippen LogP contribution in [0.4, 0.5) is 0 Å². The van der Waals surface area contributed by atoms with Crippen molar-refractivity contribution in [3.05, 3.63) is 52.5 Å². The molecule has 1 atom stereocenters. The second kappa shape index (κ2) is 6.16. The van der Waals surface area contributed by atoms with Gasteiger partial charge in [-0.1, -0.05) is 6.92 Å². The smallest absolute Gasteiger partial charge is 0.0489 e. The minimum Gasteiger partial charge on any atom is -0.346 e. The Balaban J connectivity index is 2.17. The van der Waals surface area contributed by atoms with Gasteiger partial charge in [0.25, 0.3) is 0 Å². The molecule has 0 radical (unpaired) electrons. The van der Waals surface area contributed by atoms with Crippen LogP contribution < -0.4 is 5.32 Å². The summed E-state index contributed by atoms with van der Waals surface area (Å²) in [6, 6.07) is 6.73. The molecule has 4 heteroatoms. The van der Waals surface area contributed by atoms with Crippen LogP contribution >= 0.6 is 15.9 Å². The van der Waals surface area contributed by atoms with Crippen LogP contribution in [-0.4, -0.2) is 16.1 Å². The van der Waals surface area contributed by atoms with E-state index in [0.717, 1.165) is 17.6 Å². The third-order valence-electron chi connectivity index (χ3n) is 2.93. The second-order valence-electron chi connectivity index (χ2n) is 4.35. The van der Waals surface area contributed by atoms with Crippen LogP contribution in [0.25, 0.3) is 0 Å². The number of nitrogens with one attached hydrogen (secondary N) is 1. The van der Waals surface area contributed by atoms with Gasteiger partial charge in [0.05, 0.1) is 0 Å². The van der Waals surface area contributed by atoms with Crippen LogP contribution in [0.15, 0.2) is 41.3 Å². The number of rotatable bonds is 5. The number of aromatic nitrogens is 2. The standard InChI is InChI=1S/C14H18BrN3/c1-3-17-11(2)14-5-4-6-18(14)10-12-7-13(15)9-16-8-12/h4-9,11,17H,3,10H2,1-2H3. The first-order chi connectivity index (χ1) is 8.70. The summed E-state index contributed by atoms with van der Waals surface area (Å²) in [5, 5.41) is 3.44. The normalized spacial score (nSPS) is 12.6. The summed E-state index contributed by atoms with van der Waals surface area (Å²) in [7, 11) is 0. The molecule has 0 aliphatic heterocycles. The first-order valence-corrected chi connectivity index (χ1v) is 6.98. The van der Waals surface area contributed by atoms with Crippen LogP contribution in [0.3, 0.4) is 0 Å². The lowest BCUT2D eigenvalue weighted by atomic mass is 10.2. The third-order valence-corrected chi connectivity index (χ3v) is 3.37. The van der Waals surface area contributed by atoms with E-state index in [0.29, 0.717) is 6.04 Å². The number of hydrogen-bond donors (Lipinski definition) is 1. The molecule has 0 spiro atoms. The molecule has 0 bridgehead atoms. The minimum atomic E-state index is 0.366. The van der Waals surface area contributed by atoms with Gasteiger partial charge in [0.1, 0.15) is 0 Å². The first kappa shape index (κ1) is 13.3. The number of nitrogens with zero attached hydrogens (tertiary/aromatic N) is 2. The van der Waals surface area contributed by atoms with Crippen LogP contribution in [0.5, 0.6) is 0 Å². The molecule has 2 rings (SSSR count). The number of pyridine rings is 1.